The van der Waals surface area contributed by atoms with E-state index in [0.29, 0.717) is 11.4 Å². The predicted molar refractivity (Wildman–Crippen MR) is 63.4 cm³/mol. The number of hydrogen-bond acceptors (Lipinski definition) is 2. The molecule has 0 spiro atoms. The van der Waals surface area contributed by atoms with E-state index in [-0.39, 0.29) is 11.2 Å². The predicted octanol–water partition coefficient (Wildman–Crippen LogP) is 3.26. The van der Waals surface area contributed by atoms with E-state index in [1.54, 1.807) is 12.1 Å². The molecule has 0 aliphatic rings. The molecule has 0 amide bonds. The molecule has 0 saturated heterocycles. The summed E-state index contributed by atoms with van der Waals surface area (Å²) >= 11 is 0. The van der Waals surface area contributed by atoms with E-state index in [1.165, 1.54) is 6.07 Å². The fraction of sp³-hybridized carbons (Fsp3) is 0.500. The van der Waals surface area contributed by atoms with E-state index < -0.39 is 0 Å². The van der Waals surface area contributed by atoms with E-state index in [0.717, 1.165) is 13.0 Å². The van der Waals surface area contributed by atoms with Crippen molar-refractivity contribution in [3.8, 4) is 0 Å². The van der Waals surface area contributed by atoms with Crippen LogP contribution in [0.2, 0.25) is 0 Å². The molecule has 0 aromatic heterocycles. The molecule has 0 saturated carbocycles. The molecule has 84 valence electrons. The fourth-order valence-electron chi connectivity index (χ4n) is 1.25. The molecule has 0 bridgehead atoms. The minimum atomic E-state index is -0.288. The average Bonchev–Trinajstić information content (AvgIpc) is 2.07. The van der Waals surface area contributed by atoms with Crippen molar-refractivity contribution in [3.63, 3.8) is 0 Å². The molecule has 0 aliphatic heterocycles. The van der Waals surface area contributed by atoms with Crippen molar-refractivity contribution >= 4 is 11.4 Å². The summed E-state index contributed by atoms with van der Waals surface area (Å²) in [4.78, 5) is 0. The summed E-state index contributed by atoms with van der Waals surface area (Å²) in [5.74, 6) is -0.288. The zero-order valence-electron chi connectivity index (χ0n) is 9.60. The molecule has 0 unspecified atom stereocenters. The second-order valence-electron chi connectivity index (χ2n) is 4.98. The quantitative estimate of drug-likeness (QED) is 0.751. The van der Waals surface area contributed by atoms with Gasteiger partial charge in [0.1, 0.15) is 5.82 Å². The second-order valence-corrected chi connectivity index (χ2v) is 4.98. The average molecular weight is 210 g/mol. The summed E-state index contributed by atoms with van der Waals surface area (Å²) in [5, 5.41) is 3.07. The molecule has 0 atom stereocenters. The van der Waals surface area contributed by atoms with Gasteiger partial charge in [0.05, 0.1) is 5.69 Å². The number of nitrogens with two attached hydrogens (primary N) is 1. The van der Waals surface area contributed by atoms with Gasteiger partial charge in [0.25, 0.3) is 0 Å². The van der Waals surface area contributed by atoms with Crippen LogP contribution in [0.15, 0.2) is 18.2 Å². The van der Waals surface area contributed by atoms with Gasteiger partial charge in [-0.2, -0.15) is 0 Å². The largest absolute Gasteiger partial charge is 0.399 e. The van der Waals surface area contributed by atoms with Crippen LogP contribution in [0, 0.1) is 11.2 Å². The number of nitrogen functional groups attached to an aromatic ring is 1. The molecule has 2 nitrogen and oxygen atoms in total. The molecule has 1 rings (SSSR count). The SMILES string of the molecule is CC(C)(C)CCNc1ccc(N)cc1F. The minimum Gasteiger partial charge on any atom is -0.399 e. The molecule has 1 aromatic rings. The highest BCUT2D eigenvalue weighted by Crippen LogP contribution is 2.20. The second kappa shape index (κ2) is 4.51. The lowest BCUT2D eigenvalue weighted by atomic mass is 9.92. The van der Waals surface area contributed by atoms with E-state index in [2.05, 4.69) is 26.1 Å². The van der Waals surface area contributed by atoms with Gasteiger partial charge in [0.2, 0.25) is 0 Å². The Labute approximate surface area is 90.7 Å². The molecule has 3 heteroatoms. The smallest absolute Gasteiger partial charge is 0.148 e. The molecule has 0 heterocycles. The number of halogens is 1. The standard InChI is InChI=1S/C12H19FN2/c1-12(2,3)6-7-15-11-5-4-9(14)8-10(11)13/h4-5,8,15H,6-7,14H2,1-3H3. The third-order valence-corrected chi connectivity index (χ3v) is 2.18. The lowest BCUT2D eigenvalue weighted by Gasteiger charge is -2.18. The molecule has 0 aliphatic carbocycles. The van der Waals surface area contributed by atoms with Crippen LogP contribution in [-0.2, 0) is 0 Å². The number of hydrogen-bond donors (Lipinski definition) is 2. The number of nitrogens with one attached hydrogen (secondary N) is 1. The van der Waals surface area contributed by atoms with Crippen LogP contribution in [0.3, 0.4) is 0 Å². The summed E-state index contributed by atoms with van der Waals surface area (Å²) in [6, 6.07) is 4.70. The van der Waals surface area contributed by atoms with E-state index in [4.69, 9.17) is 5.73 Å². The Balaban J connectivity index is 2.51. The summed E-state index contributed by atoms with van der Waals surface area (Å²) in [6.45, 7) is 7.25. The van der Waals surface area contributed by atoms with Gasteiger partial charge in [-0.05, 0) is 30.0 Å². The van der Waals surface area contributed by atoms with E-state index >= 15 is 0 Å². The maximum atomic E-state index is 13.3. The van der Waals surface area contributed by atoms with Crippen LogP contribution < -0.4 is 11.1 Å². The summed E-state index contributed by atoms with van der Waals surface area (Å²) < 4.78 is 13.3. The highest BCUT2D eigenvalue weighted by molar-refractivity contribution is 5.52. The van der Waals surface area contributed by atoms with Gasteiger partial charge in [-0.25, -0.2) is 4.39 Å². The fourth-order valence-corrected chi connectivity index (χ4v) is 1.25. The first-order chi connectivity index (χ1) is 6.88. The van der Waals surface area contributed by atoms with Gasteiger partial charge in [-0.3, -0.25) is 0 Å². The normalized spacial score (nSPS) is 11.5. The van der Waals surface area contributed by atoms with Crippen molar-refractivity contribution in [2.75, 3.05) is 17.6 Å². The van der Waals surface area contributed by atoms with Crippen molar-refractivity contribution in [2.24, 2.45) is 5.41 Å². The van der Waals surface area contributed by atoms with Crippen LogP contribution in [0.5, 0.6) is 0 Å². The highest BCUT2D eigenvalue weighted by Gasteiger charge is 2.09. The molecule has 15 heavy (non-hydrogen) atoms. The Morgan fingerprint density at radius 1 is 1.33 bits per heavy atom. The number of benzene rings is 1. The molecule has 1 aromatic carbocycles. The highest BCUT2D eigenvalue weighted by atomic mass is 19.1. The Bertz CT molecular complexity index is 329. The van der Waals surface area contributed by atoms with Crippen LogP contribution in [0.1, 0.15) is 27.2 Å². The Morgan fingerprint density at radius 3 is 2.53 bits per heavy atom. The maximum absolute atomic E-state index is 13.3. The molecule has 0 radical (unpaired) electrons. The Morgan fingerprint density at radius 2 is 2.00 bits per heavy atom. The topological polar surface area (TPSA) is 38.0 Å². The van der Waals surface area contributed by atoms with Crippen molar-refractivity contribution in [1.82, 2.24) is 0 Å². The van der Waals surface area contributed by atoms with Gasteiger partial charge < -0.3 is 11.1 Å². The monoisotopic (exact) mass is 210 g/mol. The van der Waals surface area contributed by atoms with Gasteiger partial charge >= 0.3 is 0 Å². The molecular weight excluding hydrogens is 191 g/mol. The lowest BCUT2D eigenvalue weighted by molar-refractivity contribution is 0.389. The van der Waals surface area contributed by atoms with Gasteiger partial charge in [0.15, 0.2) is 0 Å². The van der Waals surface area contributed by atoms with Gasteiger partial charge in [-0.1, -0.05) is 20.8 Å². The van der Waals surface area contributed by atoms with Crippen molar-refractivity contribution in [2.45, 2.75) is 27.2 Å². The third-order valence-electron chi connectivity index (χ3n) is 2.18. The van der Waals surface area contributed by atoms with Crippen LogP contribution in [0.25, 0.3) is 0 Å². The van der Waals surface area contributed by atoms with Crippen molar-refractivity contribution in [3.05, 3.63) is 24.0 Å². The number of anilines is 2. The Hall–Kier alpha value is -1.25. The van der Waals surface area contributed by atoms with E-state index in [9.17, 15) is 4.39 Å². The molecule has 0 fully saturated rings. The first kappa shape index (κ1) is 11.8. The first-order valence-corrected chi connectivity index (χ1v) is 5.17. The third kappa shape index (κ3) is 4.19. The van der Waals surface area contributed by atoms with Crippen LogP contribution in [0.4, 0.5) is 15.8 Å². The zero-order chi connectivity index (χ0) is 11.5. The van der Waals surface area contributed by atoms with Crippen LogP contribution >= 0.6 is 0 Å². The minimum absolute atomic E-state index is 0.261. The van der Waals surface area contributed by atoms with Gasteiger partial charge in [-0.15, -0.1) is 0 Å². The van der Waals surface area contributed by atoms with Crippen molar-refractivity contribution in [1.29, 1.82) is 0 Å². The lowest BCUT2D eigenvalue weighted by Crippen LogP contribution is -2.13. The molecular formula is C12H19FN2. The number of rotatable bonds is 3. The Kier molecular flexibility index (Phi) is 3.56. The van der Waals surface area contributed by atoms with E-state index in [1.807, 2.05) is 0 Å². The molecule has 3 N–H and O–H groups in total. The van der Waals surface area contributed by atoms with Crippen LogP contribution in [-0.4, -0.2) is 6.54 Å². The maximum Gasteiger partial charge on any atom is 0.148 e. The summed E-state index contributed by atoms with van der Waals surface area (Å²) in [5.41, 5.74) is 6.69. The van der Waals surface area contributed by atoms with Crippen molar-refractivity contribution < 1.29 is 4.39 Å². The summed E-state index contributed by atoms with van der Waals surface area (Å²) in [6.07, 6.45) is 0.997. The zero-order valence-corrected chi connectivity index (χ0v) is 9.60. The van der Waals surface area contributed by atoms with Gasteiger partial charge in [0, 0.05) is 12.2 Å². The summed E-state index contributed by atoms with van der Waals surface area (Å²) in [7, 11) is 0. The first-order valence-electron chi connectivity index (χ1n) is 5.17.